The molecule has 0 aliphatic rings. The minimum Gasteiger partial charge on any atom is -0.380 e. The first-order valence-electron chi connectivity index (χ1n) is 6.86. The van der Waals surface area contributed by atoms with Gasteiger partial charge in [0.15, 0.2) is 17.2 Å². The molecule has 24 heavy (non-hydrogen) atoms. The van der Waals surface area contributed by atoms with Crippen molar-refractivity contribution < 1.29 is 0 Å². The molecule has 3 aromatic rings. The molecule has 0 saturated carbocycles. The molecule has 0 bridgehead atoms. The third-order valence-electron chi connectivity index (χ3n) is 3.18. The highest BCUT2D eigenvalue weighted by molar-refractivity contribution is 9.10. The SMILES string of the molecule is Cc1[nH]nc(N=Nc2c(N=Nc3c(N)n[nH]c3C)n[nH]c2C)c1Br. The van der Waals surface area contributed by atoms with Gasteiger partial charge in [-0.2, -0.15) is 15.3 Å². The Morgan fingerprint density at radius 3 is 1.92 bits per heavy atom. The predicted molar refractivity (Wildman–Crippen MR) is 90.4 cm³/mol. The molecular formula is C12H14BrN11. The van der Waals surface area contributed by atoms with Crippen molar-refractivity contribution in [3.05, 3.63) is 21.6 Å². The van der Waals surface area contributed by atoms with Crippen LogP contribution in [0.1, 0.15) is 17.1 Å². The highest BCUT2D eigenvalue weighted by Gasteiger charge is 2.12. The molecule has 0 atom stereocenters. The second-order valence-electron chi connectivity index (χ2n) is 4.99. The number of rotatable bonds is 4. The number of nitrogens with two attached hydrogens (primary N) is 1. The van der Waals surface area contributed by atoms with Crippen molar-refractivity contribution in [3.63, 3.8) is 0 Å². The summed E-state index contributed by atoms with van der Waals surface area (Å²) in [5.41, 5.74) is 8.92. The number of aromatic nitrogens is 6. The van der Waals surface area contributed by atoms with Crippen molar-refractivity contribution in [2.75, 3.05) is 5.73 Å². The second kappa shape index (κ2) is 6.31. The van der Waals surface area contributed by atoms with E-state index in [-0.39, 0.29) is 5.82 Å². The van der Waals surface area contributed by atoms with Gasteiger partial charge in [0.2, 0.25) is 11.6 Å². The number of nitrogen functional groups attached to an aromatic ring is 1. The summed E-state index contributed by atoms with van der Waals surface area (Å²) in [4.78, 5) is 0. The minimum absolute atomic E-state index is 0.266. The summed E-state index contributed by atoms with van der Waals surface area (Å²) >= 11 is 3.39. The molecule has 0 spiro atoms. The molecule has 0 fully saturated rings. The van der Waals surface area contributed by atoms with Crippen molar-refractivity contribution in [2.45, 2.75) is 20.8 Å². The minimum atomic E-state index is 0.266. The number of anilines is 1. The fraction of sp³-hybridized carbons (Fsp3) is 0.250. The molecule has 11 nitrogen and oxygen atoms in total. The lowest BCUT2D eigenvalue weighted by Gasteiger charge is -1.92. The maximum atomic E-state index is 5.72. The summed E-state index contributed by atoms with van der Waals surface area (Å²) in [7, 11) is 0. The molecule has 0 aliphatic carbocycles. The van der Waals surface area contributed by atoms with Crippen molar-refractivity contribution in [3.8, 4) is 0 Å². The van der Waals surface area contributed by atoms with E-state index in [2.05, 4.69) is 67.0 Å². The van der Waals surface area contributed by atoms with Gasteiger partial charge in [0.05, 0.1) is 15.9 Å². The highest BCUT2D eigenvalue weighted by Crippen LogP contribution is 2.34. The van der Waals surface area contributed by atoms with Crippen molar-refractivity contribution >= 4 is 44.8 Å². The van der Waals surface area contributed by atoms with Crippen molar-refractivity contribution in [1.29, 1.82) is 0 Å². The summed E-state index contributed by atoms with van der Waals surface area (Å²) in [5.74, 6) is 0.994. The molecule has 0 saturated heterocycles. The number of H-pyrrole nitrogens is 3. The van der Waals surface area contributed by atoms with E-state index < -0.39 is 0 Å². The number of hydrogen-bond acceptors (Lipinski definition) is 8. The van der Waals surface area contributed by atoms with Crippen LogP contribution < -0.4 is 5.73 Å². The zero-order valence-electron chi connectivity index (χ0n) is 13.1. The lowest BCUT2D eigenvalue weighted by atomic mass is 10.4. The molecule has 0 aromatic carbocycles. The molecule has 5 N–H and O–H groups in total. The van der Waals surface area contributed by atoms with E-state index in [1.807, 2.05) is 13.8 Å². The van der Waals surface area contributed by atoms with E-state index in [0.717, 1.165) is 10.2 Å². The van der Waals surface area contributed by atoms with Gasteiger partial charge >= 0.3 is 0 Å². The van der Waals surface area contributed by atoms with Gasteiger partial charge in [0.1, 0.15) is 0 Å². The van der Waals surface area contributed by atoms with Crippen LogP contribution in [0.4, 0.5) is 28.8 Å². The molecule has 3 aromatic heterocycles. The van der Waals surface area contributed by atoms with Crippen LogP contribution in [0.5, 0.6) is 0 Å². The molecule has 124 valence electrons. The molecule has 0 radical (unpaired) electrons. The summed E-state index contributed by atoms with van der Waals surface area (Å²) < 4.78 is 0.748. The zero-order valence-corrected chi connectivity index (χ0v) is 14.7. The van der Waals surface area contributed by atoms with E-state index in [0.29, 0.717) is 34.4 Å². The number of aromatic amines is 3. The molecule has 3 heterocycles. The fourth-order valence-corrected chi connectivity index (χ4v) is 2.09. The smallest absolute Gasteiger partial charge is 0.223 e. The Bertz CT molecular complexity index is 910. The maximum absolute atomic E-state index is 5.72. The lowest BCUT2D eigenvalue weighted by Crippen LogP contribution is -1.83. The van der Waals surface area contributed by atoms with Gasteiger partial charge in [-0.3, -0.25) is 15.3 Å². The Hall–Kier alpha value is -2.89. The third-order valence-corrected chi connectivity index (χ3v) is 4.13. The number of hydrogen-bond donors (Lipinski definition) is 4. The first-order chi connectivity index (χ1) is 11.5. The van der Waals surface area contributed by atoms with Gasteiger partial charge in [-0.15, -0.1) is 20.5 Å². The topological polar surface area (TPSA) is 161 Å². The summed E-state index contributed by atoms with van der Waals surface area (Å²) in [5, 5.41) is 36.7. The monoisotopic (exact) mass is 391 g/mol. The van der Waals surface area contributed by atoms with Crippen molar-refractivity contribution in [2.24, 2.45) is 20.5 Å². The van der Waals surface area contributed by atoms with E-state index in [9.17, 15) is 0 Å². The standard InChI is InChI=1S/C12H14BrN11/c1-4-7(13)11(21-15-4)22-19-9-6(3)17-23-12(9)24-18-8-5(2)16-20-10(8)14/h1-3H3,(H,15,21)(H,17,23)(H3,14,16,20). The second-order valence-corrected chi connectivity index (χ2v) is 5.78. The Balaban J connectivity index is 1.90. The van der Waals surface area contributed by atoms with Crippen molar-refractivity contribution in [1.82, 2.24) is 30.6 Å². The van der Waals surface area contributed by atoms with Gasteiger partial charge in [0, 0.05) is 5.69 Å². The normalized spacial score (nSPS) is 12.0. The first kappa shape index (κ1) is 16.0. The number of azo groups is 2. The van der Waals surface area contributed by atoms with Crippen LogP contribution in [0, 0.1) is 20.8 Å². The number of nitrogens with one attached hydrogen (secondary N) is 3. The Morgan fingerprint density at radius 1 is 0.750 bits per heavy atom. The van der Waals surface area contributed by atoms with E-state index in [1.165, 1.54) is 0 Å². The van der Waals surface area contributed by atoms with E-state index >= 15 is 0 Å². The average molecular weight is 392 g/mol. The maximum Gasteiger partial charge on any atom is 0.223 e. The molecule has 0 aliphatic heterocycles. The van der Waals surface area contributed by atoms with Gasteiger partial charge in [0.25, 0.3) is 0 Å². The van der Waals surface area contributed by atoms with Gasteiger partial charge in [-0.05, 0) is 36.7 Å². The molecule has 0 unspecified atom stereocenters. The predicted octanol–water partition coefficient (Wildman–Crippen LogP) is 3.96. The summed E-state index contributed by atoms with van der Waals surface area (Å²) in [6.07, 6.45) is 0. The lowest BCUT2D eigenvalue weighted by molar-refractivity contribution is 1.02. The first-order valence-corrected chi connectivity index (χ1v) is 7.66. The summed E-state index contributed by atoms with van der Waals surface area (Å²) in [6, 6.07) is 0. The third kappa shape index (κ3) is 2.95. The van der Waals surface area contributed by atoms with Gasteiger partial charge < -0.3 is 5.73 Å². The number of halogens is 1. The molecule has 0 amide bonds. The largest absolute Gasteiger partial charge is 0.380 e. The Morgan fingerprint density at radius 2 is 1.29 bits per heavy atom. The van der Waals surface area contributed by atoms with Crippen LogP contribution in [0.2, 0.25) is 0 Å². The highest BCUT2D eigenvalue weighted by atomic mass is 79.9. The Kier molecular flexibility index (Phi) is 4.20. The fourth-order valence-electron chi connectivity index (χ4n) is 1.83. The van der Waals surface area contributed by atoms with Crippen LogP contribution in [0.3, 0.4) is 0 Å². The molecule has 12 heteroatoms. The average Bonchev–Trinajstić information content (AvgIpc) is 3.17. The van der Waals surface area contributed by atoms with Crippen LogP contribution in [0.15, 0.2) is 24.9 Å². The summed E-state index contributed by atoms with van der Waals surface area (Å²) in [6.45, 7) is 5.48. The van der Waals surface area contributed by atoms with Crippen LogP contribution in [-0.2, 0) is 0 Å². The van der Waals surface area contributed by atoms with E-state index in [1.54, 1.807) is 6.92 Å². The van der Waals surface area contributed by atoms with E-state index in [4.69, 9.17) is 5.73 Å². The van der Waals surface area contributed by atoms with Crippen LogP contribution in [-0.4, -0.2) is 30.6 Å². The van der Waals surface area contributed by atoms with Gasteiger partial charge in [-0.1, -0.05) is 0 Å². The number of nitrogens with zero attached hydrogens (tertiary/aromatic N) is 7. The zero-order chi connectivity index (χ0) is 17.3. The number of aryl methyl sites for hydroxylation is 3. The Labute approximate surface area is 144 Å². The molecular weight excluding hydrogens is 378 g/mol. The van der Waals surface area contributed by atoms with Crippen LogP contribution in [0.25, 0.3) is 0 Å². The molecule has 3 rings (SSSR count). The quantitative estimate of drug-likeness (QED) is 0.495. The van der Waals surface area contributed by atoms with Gasteiger partial charge in [-0.25, -0.2) is 0 Å². The van der Waals surface area contributed by atoms with Crippen LogP contribution >= 0.6 is 15.9 Å².